The molecule has 1 aliphatic carbocycles. The van der Waals surface area contributed by atoms with E-state index in [-0.39, 0.29) is 24.5 Å². The van der Waals surface area contributed by atoms with E-state index in [1.807, 2.05) is 20.8 Å². The van der Waals surface area contributed by atoms with Crippen LogP contribution in [0.4, 0.5) is 0 Å². The largest absolute Gasteiger partial charge is 0.465 e. The van der Waals surface area contributed by atoms with Gasteiger partial charge >= 0.3 is 5.97 Å². The third kappa shape index (κ3) is 3.23. The van der Waals surface area contributed by atoms with Gasteiger partial charge in [0.05, 0.1) is 12.7 Å². The number of fused-ring (bicyclic) bond motifs is 1. The first-order valence-electron chi connectivity index (χ1n) is 7.89. The van der Waals surface area contributed by atoms with Crippen LogP contribution in [0.15, 0.2) is 0 Å². The van der Waals surface area contributed by atoms with Crippen molar-refractivity contribution in [2.75, 3.05) is 19.7 Å². The zero-order valence-corrected chi connectivity index (χ0v) is 13.5. The van der Waals surface area contributed by atoms with Gasteiger partial charge in [0.2, 0.25) is 5.91 Å². The maximum Gasteiger partial charge on any atom is 0.319 e. The van der Waals surface area contributed by atoms with E-state index in [9.17, 15) is 14.7 Å². The van der Waals surface area contributed by atoms with Gasteiger partial charge in [0.15, 0.2) is 0 Å². The number of nitrogens with zero attached hydrogens (tertiary/aromatic N) is 1. The summed E-state index contributed by atoms with van der Waals surface area (Å²) in [6.07, 6.45) is 1.50. The molecule has 0 bridgehead atoms. The number of esters is 1. The quantitative estimate of drug-likeness (QED) is 0.632. The molecule has 0 spiro atoms. The Balaban J connectivity index is 2.11. The third-order valence-corrected chi connectivity index (χ3v) is 4.77. The van der Waals surface area contributed by atoms with Crippen LogP contribution in [-0.2, 0) is 14.3 Å². The highest BCUT2D eigenvalue weighted by atomic mass is 16.5. The van der Waals surface area contributed by atoms with Crippen molar-refractivity contribution in [3.05, 3.63) is 0 Å². The first-order valence-corrected chi connectivity index (χ1v) is 7.89. The molecule has 2 aliphatic rings. The molecule has 1 aliphatic heterocycles. The van der Waals surface area contributed by atoms with Crippen LogP contribution < -0.4 is 0 Å². The molecule has 5 nitrogen and oxygen atoms in total. The Morgan fingerprint density at radius 3 is 2.48 bits per heavy atom. The van der Waals surface area contributed by atoms with Gasteiger partial charge in [-0.15, -0.1) is 0 Å². The summed E-state index contributed by atoms with van der Waals surface area (Å²) in [7, 11) is 0. The summed E-state index contributed by atoms with van der Waals surface area (Å²) in [6, 6.07) is 0. The first kappa shape index (κ1) is 16.3. The summed E-state index contributed by atoms with van der Waals surface area (Å²) >= 11 is 0. The Kier molecular flexibility index (Phi) is 4.61. The van der Waals surface area contributed by atoms with Crippen LogP contribution in [0.25, 0.3) is 0 Å². The molecular weight excluding hydrogens is 270 g/mol. The van der Waals surface area contributed by atoms with Crippen LogP contribution in [0, 0.1) is 23.2 Å². The number of aliphatic hydroxyl groups is 1. The Labute approximate surface area is 126 Å². The lowest BCUT2D eigenvalue weighted by Crippen LogP contribution is -2.45. The molecule has 1 heterocycles. The number of hydrogen-bond acceptors (Lipinski definition) is 4. The molecule has 4 atom stereocenters. The average molecular weight is 297 g/mol. The number of hydrogen-bond donors (Lipinski definition) is 1. The van der Waals surface area contributed by atoms with Crippen molar-refractivity contribution in [3.8, 4) is 0 Å². The van der Waals surface area contributed by atoms with Crippen molar-refractivity contribution in [2.24, 2.45) is 23.2 Å². The molecule has 120 valence electrons. The number of aliphatic hydroxyl groups excluding tert-OH is 1. The van der Waals surface area contributed by atoms with Crippen LogP contribution in [0.2, 0.25) is 0 Å². The number of amides is 1. The second-order valence-electron chi connectivity index (χ2n) is 7.36. The Morgan fingerprint density at radius 2 is 1.95 bits per heavy atom. The zero-order valence-electron chi connectivity index (χ0n) is 13.5. The van der Waals surface area contributed by atoms with Crippen molar-refractivity contribution in [2.45, 2.75) is 46.6 Å². The predicted octanol–water partition coefficient (Wildman–Crippen LogP) is 1.44. The van der Waals surface area contributed by atoms with Crippen molar-refractivity contribution in [1.29, 1.82) is 0 Å². The summed E-state index contributed by atoms with van der Waals surface area (Å²) in [6.45, 7) is 8.92. The number of ether oxygens (including phenoxy) is 1. The van der Waals surface area contributed by atoms with Crippen LogP contribution >= 0.6 is 0 Å². The zero-order chi connectivity index (χ0) is 15.8. The van der Waals surface area contributed by atoms with Gasteiger partial charge in [-0.25, -0.2) is 0 Å². The lowest BCUT2D eigenvalue weighted by Gasteiger charge is -2.31. The molecule has 1 N–H and O–H groups in total. The molecule has 2 rings (SSSR count). The van der Waals surface area contributed by atoms with Crippen molar-refractivity contribution in [1.82, 2.24) is 4.90 Å². The van der Waals surface area contributed by atoms with E-state index < -0.39 is 17.3 Å². The average Bonchev–Trinajstić information content (AvgIpc) is 2.90. The molecule has 4 unspecified atom stereocenters. The van der Waals surface area contributed by atoms with E-state index in [0.29, 0.717) is 19.0 Å². The molecule has 5 heteroatoms. The monoisotopic (exact) mass is 297 g/mol. The van der Waals surface area contributed by atoms with Crippen molar-refractivity contribution < 1.29 is 19.4 Å². The SMILES string of the molecule is CCOC(=O)C(C(=O)N1CC2CCC(O)C2C1)C(C)(C)C. The normalized spacial score (nSPS) is 30.1. The van der Waals surface area contributed by atoms with E-state index in [0.717, 1.165) is 12.8 Å². The van der Waals surface area contributed by atoms with E-state index in [1.165, 1.54) is 0 Å². The van der Waals surface area contributed by atoms with Gasteiger partial charge in [0, 0.05) is 19.0 Å². The predicted molar refractivity (Wildman–Crippen MR) is 78.4 cm³/mol. The summed E-state index contributed by atoms with van der Waals surface area (Å²) in [5.74, 6) is -0.799. The van der Waals surface area contributed by atoms with Gasteiger partial charge in [0.1, 0.15) is 5.92 Å². The van der Waals surface area contributed by atoms with E-state index >= 15 is 0 Å². The van der Waals surface area contributed by atoms with Gasteiger partial charge in [-0.2, -0.15) is 0 Å². The fourth-order valence-corrected chi connectivity index (χ4v) is 3.65. The minimum absolute atomic E-state index is 0.150. The van der Waals surface area contributed by atoms with Gasteiger partial charge in [-0.3, -0.25) is 9.59 Å². The lowest BCUT2D eigenvalue weighted by molar-refractivity contribution is -0.160. The topological polar surface area (TPSA) is 66.8 Å². The molecule has 2 fully saturated rings. The molecule has 0 aromatic heterocycles. The summed E-state index contributed by atoms with van der Waals surface area (Å²) in [4.78, 5) is 26.7. The van der Waals surface area contributed by atoms with Crippen LogP contribution in [0.5, 0.6) is 0 Å². The summed E-state index contributed by atoms with van der Waals surface area (Å²) in [5.41, 5.74) is -0.473. The standard InChI is InChI=1S/C16H27NO4/c1-5-21-15(20)13(16(2,3)4)14(19)17-8-10-6-7-12(18)11(10)9-17/h10-13,18H,5-9H2,1-4H3. The van der Waals surface area contributed by atoms with Crippen LogP contribution in [0.1, 0.15) is 40.5 Å². The first-order chi connectivity index (χ1) is 9.75. The highest BCUT2D eigenvalue weighted by Gasteiger charge is 2.48. The summed E-state index contributed by atoms with van der Waals surface area (Å²) < 4.78 is 5.09. The number of rotatable bonds is 3. The van der Waals surface area contributed by atoms with Crippen LogP contribution in [0.3, 0.4) is 0 Å². The number of carbonyl (C=O) groups excluding carboxylic acids is 2. The fourth-order valence-electron chi connectivity index (χ4n) is 3.65. The number of likely N-dealkylation sites (tertiary alicyclic amines) is 1. The van der Waals surface area contributed by atoms with E-state index in [1.54, 1.807) is 11.8 Å². The van der Waals surface area contributed by atoms with Gasteiger partial charge < -0.3 is 14.7 Å². The smallest absolute Gasteiger partial charge is 0.319 e. The Morgan fingerprint density at radius 1 is 1.29 bits per heavy atom. The van der Waals surface area contributed by atoms with E-state index in [2.05, 4.69) is 0 Å². The molecule has 1 saturated carbocycles. The Hall–Kier alpha value is -1.10. The van der Waals surface area contributed by atoms with Crippen molar-refractivity contribution in [3.63, 3.8) is 0 Å². The Bertz CT molecular complexity index is 415. The van der Waals surface area contributed by atoms with E-state index in [4.69, 9.17) is 4.74 Å². The third-order valence-electron chi connectivity index (χ3n) is 4.77. The van der Waals surface area contributed by atoms with Crippen LogP contribution in [-0.4, -0.2) is 47.7 Å². The molecule has 1 amide bonds. The maximum atomic E-state index is 12.8. The molecule has 0 radical (unpaired) electrons. The molecule has 0 aromatic carbocycles. The molecule has 0 aromatic rings. The van der Waals surface area contributed by atoms with Crippen molar-refractivity contribution >= 4 is 11.9 Å². The molecule has 21 heavy (non-hydrogen) atoms. The van der Waals surface area contributed by atoms with Gasteiger partial charge in [0.25, 0.3) is 0 Å². The lowest BCUT2D eigenvalue weighted by atomic mass is 9.79. The maximum absolute atomic E-state index is 12.8. The van der Waals surface area contributed by atoms with Gasteiger partial charge in [-0.05, 0) is 31.1 Å². The molecular formula is C16H27NO4. The number of carbonyl (C=O) groups is 2. The molecule has 1 saturated heterocycles. The van der Waals surface area contributed by atoms with Gasteiger partial charge in [-0.1, -0.05) is 20.8 Å². The minimum Gasteiger partial charge on any atom is -0.465 e. The fraction of sp³-hybridized carbons (Fsp3) is 0.875. The summed E-state index contributed by atoms with van der Waals surface area (Å²) in [5, 5.41) is 9.96. The second kappa shape index (κ2) is 5.95. The second-order valence-corrected chi connectivity index (χ2v) is 7.36. The highest BCUT2D eigenvalue weighted by molar-refractivity contribution is 5.98. The highest BCUT2D eigenvalue weighted by Crippen LogP contribution is 2.40. The minimum atomic E-state index is -0.770.